The highest BCUT2D eigenvalue weighted by atomic mass is 35.5. The van der Waals surface area contributed by atoms with E-state index in [1.807, 2.05) is 36.4 Å². The number of hydrogen-bond acceptors (Lipinski definition) is 2. The highest BCUT2D eigenvalue weighted by Gasteiger charge is 2.32. The van der Waals surface area contributed by atoms with E-state index in [4.69, 9.17) is 27.9 Å². The number of amides is 1. The van der Waals surface area contributed by atoms with Crippen LogP contribution in [0.2, 0.25) is 10.0 Å². The number of morpholine rings is 1. The summed E-state index contributed by atoms with van der Waals surface area (Å²) >= 11 is 12.0. The van der Waals surface area contributed by atoms with Crippen LogP contribution < -0.4 is 5.32 Å². The van der Waals surface area contributed by atoms with Crippen LogP contribution in [0.4, 0.5) is 0 Å². The standard InChI is InChI=1S/C16H13Cl2NO2/c17-12-6-4-10(5-7-12)15-16(21-9-14(20)19-15)11-2-1-3-13(18)8-11/h1-8,15-16H,9H2,(H,19,20)/t15-,16+/m1/s1. The van der Waals surface area contributed by atoms with Gasteiger partial charge >= 0.3 is 0 Å². The second-order valence-electron chi connectivity index (χ2n) is 4.88. The molecular formula is C16H13Cl2NO2. The molecule has 5 heteroatoms. The van der Waals surface area contributed by atoms with Crippen LogP contribution in [0.5, 0.6) is 0 Å². The summed E-state index contributed by atoms with van der Waals surface area (Å²) in [4.78, 5) is 11.7. The van der Waals surface area contributed by atoms with Crippen LogP contribution in [-0.4, -0.2) is 12.5 Å². The topological polar surface area (TPSA) is 38.3 Å². The maximum Gasteiger partial charge on any atom is 0.246 e. The first-order chi connectivity index (χ1) is 10.1. The number of halogens is 2. The molecule has 0 saturated carbocycles. The smallest absolute Gasteiger partial charge is 0.246 e. The van der Waals surface area contributed by atoms with Crippen LogP contribution in [0.25, 0.3) is 0 Å². The molecule has 21 heavy (non-hydrogen) atoms. The van der Waals surface area contributed by atoms with Gasteiger partial charge in [0.1, 0.15) is 12.7 Å². The average molecular weight is 322 g/mol. The third-order valence-electron chi connectivity index (χ3n) is 3.42. The Morgan fingerprint density at radius 3 is 2.48 bits per heavy atom. The third kappa shape index (κ3) is 3.21. The fourth-order valence-electron chi connectivity index (χ4n) is 2.45. The van der Waals surface area contributed by atoms with Gasteiger partial charge in [0.05, 0.1) is 6.04 Å². The fourth-order valence-corrected chi connectivity index (χ4v) is 2.78. The first kappa shape index (κ1) is 14.4. The quantitative estimate of drug-likeness (QED) is 0.910. The van der Waals surface area contributed by atoms with Crippen molar-refractivity contribution >= 4 is 29.1 Å². The highest BCUT2D eigenvalue weighted by Crippen LogP contribution is 2.35. The molecule has 2 aromatic rings. The number of nitrogens with one attached hydrogen (secondary N) is 1. The SMILES string of the molecule is O=C1CO[C@@H](c2cccc(Cl)c2)[C@@H](c2ccc(Cl)cc2)N1. The Hall–Kier alpha value is -1.55. The van der Waals surface area contributed by atoms with E-state index in [-0.39, 0.29) is 24.7 Å². The Labute approximate surface area is 132 Å². The van der Waals surface area contributed by atoms with Gasteiger partial charge in [0.2, 0.25) is 5.91 Å². The normalized spacial score (nSPS) is 21.9. The molecule has 0 bridgehead atoms. The van der Waals surface area contributed by atoms with Crippen molar-refractivity contribution in [3.8, 4) is 0 Å². The summed E-state index contributed by atoms with van der Waals surface area (Å²) in [6, 6.07) is 14.6. The van der Waals surface area contributed by atoms with Gasteiger partial charge in [-0.05, 0) is 35.4 Å². The molecule has 1 aliphatic heterocycles. The van der Waals surface area contributed by atoms with Crippen LogP contribution in [0, 0.1) is 0 Å². The lowest BCUT2D eigenvalue weighted by atomic mass is 9.94. The molecule has 0 aliphatic carbocycles. The maximum absolute atomic E-state index is 11.7. The van der Waals surface area contributed by atoms with E-state index in [0.29, 0.717) is 10.0 Å². The molecule has 1 saturated heterocycles. The van der Waals surface area contributed by atoms with Gasteiger partial charge in [0.15, 0.2) is 0 Å². The second kappa shape index (κ2) is 6.06. The van der Waals surface area contributed by atoms with Crippen molar-refractivity contribution in [3.63, 3.8) is 0 Å². The van der Waals surface area contributed by atoms with Crippen LogP contribution >= 0.6 is 23.2 Å². The molecule has 1 N–H and O–H groups in total. The Morgan fingerprint density at radius 2 is 1.76 bits per heavy atom. The summed E-state index contributed by atoms with van der Waals surface area (Å²) in [6.45, 7) is 0.0429. The molecule has 1 heterocycles. The predicted molar refractivity (Wildman–Crippen MR) is 82.5 cm³/mol. The largest absolute Gasteiger partial charge is 0.361 e. The first-order valence-electron chi connectivity index (χ1n) is 6.55. The summed E-state index contributed by atoms with van der Waals surface area (Å²) in [5, 5.41) is 4.27. The Balaban J connectivity index is 1.96. The van der Waals surface area contributed by atoms with Crippen LogP contribution in [0.15, 0.2) is 48.5 Å². The third-order valence-corrected chi connectivity index (χ3v) is 3.91. The minimum Gasteiger partial charge on any atom is -0.361 e. The van der Waals surface area contributed by atoms with Crippen molar-refractivity contribution in [1.29, 1.82) is 0 Å². The van der Waals surface area contributed by atoms with Crippen LogP contribution in [0.3, 0.4) is 0 Å². The van der Waals surface area contributed by atoms with Gasteiger partial charge in [-0.25, -0.2) is 0 Å². The van der Waals surface area contributed by atoms with Crippen molar-refractivity contribution in [1.82, 2.24) is 5.32 Å². The van der Waals surface area contributed by atoms with Gasteiger partial charge < -0.3 is 10.1 Å². The van der Waals surface area contributed by atoms with Gasteiger partial charge in [-0.1, -0.05) is 47.5 Å². The van der Waals surface area contributed by atoms with E-state index in [1.54, 1.807) is 12.1 Å². The molecule has 2 aromatic carbocycles. The van der Waals surface area contributed by atoms with Crippen molar-refractivity contribution in [2.24, 2.45) is 0 Å². The van der Waals surface area contributed by atoms with Gasteiger partial charge in [-0.3, -0.25) is 4.79 Å². The summed E-state index contributed by atoms with van der Waals surface area (Å²) < 4.78 is 5.72. The lowest BCUT2D eigenvalue weighted by Gasteiger charge is -2.33. The Morgan fingerprint density at radius 1 is 1.00 bits per heavy atom. The summed E-state index contributed by atoms with van der Waals surface area (Å²) in [5.41, 5.74) is 1.87. The number of ether oxygens (including phenoxy) is 1. The van der Waals surface area contributed by atoms with Gasteiger partial charge in [-0.15, -0.1) is 0 Å². The van der Waals surface area contributed by atoms with Crippen LogP contribution in [0.1, 0.15) is 23.3 Å². The predicted octanol–water partition coefficient (Wildman–Crippen LogP) is 3.92. The Kier molecular flexibility index (Phi) is 4.15. The molecule has 2 atom stereocenters. The van der Waals surface area contributed by atoms with Crippen molar-refractivity contribution in [2.45, 2.75) is 12.1 Å². The van der Waals surface area contributed by atoms with Crippen molar-refractivity contribution < 1.29 is 9.53 Å². The number of hydrogen-bond donors (Lipinski definition) is 1. The molecular weight excluding hydrogens is 309 g/mol. The monoisotopic (exact) mass is 321 g/mol. The number of carbonyl (C=O) groups excluding carboxylic acids is 1. The van der Waals surface area contributed by atoms with E-state index in [1.165, 1.54) is 0 Å². The second-order valence-corrected chi connectivity index (χ2v) is 5.76. The minimum absolute atomic E-state index is 0.0429. The molecule has 3 nitrogen and oxygen atoms in total. The number of carbonyl (C=O) groups is 1. The van der Waals surface area contributed by atoms with E-state index < -0.39 is 0 Å². The summed E-state index contributed by atoms with van der Waals surface area (Å²) in [7, 11) is 0. The van der Waals surface area contributed by atoms with Crippen LogP contribution in [-0.2, 0) is 9.53 Å². The zero-order valence-corrected chi connectivity index (χ0v) is 12.6. The number of benzene rings is 2. The average Bonchev–Trinajstić information content (AvgIpc) is 2.48. The van der Waals surface area contributed by atoms with E-state index in [9.17, 15) is 4.79 Å². The fraction of sp³-hybridized carbons (Fsp3) is 0.188. The molecule has 1 amide bonds. The van der Waals surface area contributed by atoms with E-state index >= 15 is 0 Å². The molecule has 0 radical (unpaired) electrons. The maximum atomic E-state index is 11.7. The Bertz CT molecular complexity index is 658. The van der Waals surface area contributed by atoms with Crippen molar-refractivity contribution in [2.75, 3.05) is 6.61 Å². The zero-order valence-electron chi connectivity index (χ0n) is 11.1. The minimum atomic E-state index is -0.275. The van der Waals surface area contributed by atoms with E-state index in [0.717, 1.165) is 11.1 Å². The molecule has 1 aliphatic rings. The molecule has 3 rings (SSSR count). The molecule has 1 fully saturated rings. The van der Waals surface area contributed by atoms with Gasteiger partial charge in [0, 0.05) is 10.0 Å². The van der Waals surface area contributed by atoms with Gasteiger partial charge in [0.25, 0.3) is 0 Å². The highest BCUT2D eigenvalue weighted by molar-refractivity contribution is 6.30. The molecule has 0 spiro atoms. The van der Waals surface area contributed by atoms with Gasteiger partial charge in [-0.2, -0.15) is 0 Å². The van der Waals surface area contributed by atoms with E-state index in [2.05, 4.69) is 5.32 Å². The van der Waals surface area contributed by atoms with Crippen molar-refractivity contribution in [3.05, 3.63) is 69.7 Å². The number of rotatable bonds is 2. The lowest BCUT2D eigenvalue weighted by Crippen LogP contribution is -2.41. The molecule has 108 valence electrons. The first-order valence-corrected chi connectivity index (χ1v) is 7.31. The zero-order chi connectivity index (χ0) is 14.8. The summed E-state index contributed by atoms with van der Waals surface area (Å²) in [6.07, 6.45) is -0.275. The lowest BCUT2D eigenvalue weighted by molar-refractivity contribution is -0.137. The summed E-state index contributed by atoms with van der Waals surface area (Å²) in [5.74, 6) is -0.131. The molecule has 0 aromatic heterocycles. The molecule has 0 unspecified atom stereocenters.